The molecule has 1 N–H and O–H groups in total. The fraction of sp³-hybridized carbons (Fsp3) is 0.450. The van der Waals surface area contributed by atoms with E-state index in [1.165, 1.54) is 12.4 Å². The minimum absolute atomic E-state index is 0.0298. The third kappa shape index (κ3) is 5.98. The molecule has 1 amide bonds. The Bertz CT molecular complexity index is 901. The highest BCUT2D eigenvalue weighted by molar-refractivity contribution is 5.92. The van der Waals surface area contributed by atoms with Crippen molar-refractivity contribution in [2.45, 2.75) is 43.9 Å². The SMILES string of the molecule is O=C(O)C(F)(F)F.O=C(c1cnccn1)N1C[C@@H](OCc2cccnc2)[C@H]2OCCC[C@@H]21. The third-order valence-electron chi connectivity index (χ3n) is 4.95. The van der Waals surface area contributed by atoms with Crippen molar-refractivity contribution in [2.75, 3.05) is 13.2 Å². The summed E-state index contributed by atoms with van der Waals surface area (Å²) in [4.78, 5) is 35.8. The molecule has 4 heterocycles. The molecule has 0 saturated carbocycles. The van der Waals surface area contributed by atoms with Crippen LogP contribution in [0.1, 0.15) is 28.9 Å². The Labute approximate surface area is 181 Å². The lowest BCUT2D eigenvalue weighted by Crippen LogP contribution is -2.44. The smallest absolute Gasteiger partial charge is 0.475 e. The Hall–Kier alpha value is -3.12. The van der Waals surface area contributed by atoms with E-state index in [1.807, 2.05) is 17.0 Å². The van der Waals surface area contributed by atoms with Crippen molar-refractivity contribution < 1.29 is 37.3 Å². The van der Waals surface area contributed by atoms with Crippen LogP contribution in [0.25, 0.3) is 0 Å². The third-order valence-corrected chi connectivity index (χ3v) is 4.95. The monoisotopic (exact) mass is 454 g/mol. The average Bonchev–Trinajstić information content (AvgIpc) is 3.17. The second-order valence-corrected chi connectivity index (χ2v) is 7.11. The molecule has 12 heteroatoms. The summed E-state index contributed by atoms with van der Waals surface area (Å²) >= 11 is 0. The van der Waals surface area contributed by atoms with Gasteiger partial charge in [0.25, 0.3) is 5.91 Å². The Morgan fingerprint density at radius 1 is 1.22 bits per heavy atom. The predicted octanol–water partition coefficient (Wildman–Crippen LogP) is 2.09. The summed E-state index contributed by atoms with van der Waals surface area (Å²) < 4.78 is 43.8. The maximum atomic E-state index is 12.8. The van der Waals surface area contributed by atoms with Gasteiger partial charge in [-0.25, -0.2) is 9.78 Å². The molecule has 4 rings (SSSR count). The molecule has 9 nitrogen and oxygen atoms in total. The van der Waals surface area contributed by atoms with E-state index in [0.29, 0.717) is 25.5 Å². The van der Waals surface area contributed by atoms with E-state index in [2.05, 4.69) is 15.0 Å². The van der Waals surface area contributed by atoms with E-state index >= 15 is 0 Å². The molecule has 2 fully saturated rings. The van der Waals surface area contributed by atoms with Crippen LogP contribution >= 0.6 is 0 Å². The summed E-state index contributed by atoms with van der Waals surface area (Å²) in [6, 6.07) is 3.89. The van der Waals surface area contributed by atoms with Gasteiger partial charge in [0.05, 0.1) is 25.4 Å². The highest BCUT2D eigenvalue weighted by Crippen LogP contribution is 2.32. The van der Waals surface area contributed by atoms with Crippen molar-refractivity contribution in [1.29, 1.82) is 0 Å². The second kappa shape index (κ2) is 10.5. The van der Waals surface area contributed by atoms with E-state index in [1.54, 1.807) is 18.6 Å². The quantitative estimate of drug-likeness (QED) is 0.747. The molecule has 0 unspecified atom stereocenters. The first-order valence-electron chi connectivity index (χ1n) is 9.76. The molecule has 2 aromatic rings. The van der Waals surface area contributed by atoms with Crippen molar-refractivity contribution in [1.82, 2.24) is 19.9 Å². The van der Waals surface area contributed by atoms with Gasteiger partial charge in [0, 0.05) is 31.4 Å². The summed E-state index contributed by atoms with van der Waals surface area (Å²) in [5, 5.41) is 7.12. The molecule has 3 atom stereocenters. The molecule has 0 bridgehead atoms. The van der Waals surface area contributed by atoms with Crippen LogP contribution in [-0.2, 0) is 20.9 Å². The van der Waals surface area contributed by atoms with Crippen LogP contribution in [-0.4, -0.2) is 74.4 Å². The first-order chi connectivity index (χ1) is 15.3. The molecule has 32 heavy (non-hydrogen) atoms. The number of carbonyl (C=O) groups is 2. The normalized spacial score (nSPS) is 22.5. The number of fused-ring (bicyclic) bond motifs is 1. The van der Waals surface area contributed by atoms with Crippen LogP contribution in [0, 0.1) is 0 Å². The second-order valence-electron chi connectivity index (χ2n) is 7.11. The number of ether oxygens (including phenoxy) is 2. The van der Waals surface area contributed by atoms with Crippen molar-refractivity contribution in [2.24, 2.45) is 0 Å². The predicted molar refractivity (Wildman–Crippen MR) is 102 cm³/mol. The Morgan fingerprint density at radius 3 is 2.59 bits per heavy atom. The molecule has 0 aliphatic carbocycles. The maximum Gasteiger partial charge on any atom is 0.490 e. The maximum absolute atomic E-state index is 12.8. The van der Waals surface area contributed by atoms with Crippen LogP contribution in [0.5, 0.6) is 0 Å². The summed E-state index contributed by atoms with van der Waals surface area (Å²) in [5.74, 6) is -2.87. The van der Waals surface area contributed by atoms with Gasteiger partial charge in [-0.2, -0.15) is 13.2 Å². The van der Waals surface area contributed by atoms with Crippen molar-refractivity contribution >= 4 is 11.9 Å². The first-order valence-corrected chi connectivity index (χ1v) is 9.76. The van der Waals surface area contributed by atoms with Crippen LogP contribution in [0.3, 0.4) is 0 Å². The number of carboxylic acids is 1. The van der Waals surface area contributed by atoms with Gasteiger partial charge in [-0.15, -0.1) is 0 Å². The average molecular weight is 454 g/mol. The number of alkyl halides is 3. The van der Waals surface area contributed by atoms with E-state index < -0.39 is 12.1 Å². The van der Waals surface area contributed by atoms with Gasteiger partial charge < -0.3 is 19.5 Å². The van der Waals surface area contributed by atoms with Gasteiger partial charge in [-0.05, 0) is 24.5 Å². The number of carboxylic acid groups (broad SMARTS) is 1. The van der Waals surface area contributed by atoms with Gasteiger partial charge >= 0.3 is 12.1 Å². The molecule has 0 aromatic carbocycles. The molecule has 2 aromatic heterocycles. The van der Waals surface area contributed by atoms with Gasteiger partial charge in [0.15, 0.2) is 0 Å². The van der Waals surface area contributed by atoms with Crippen molar-refractivity contribution in [3.05, 3.63) is 54.4 Å². The fourth-order valence-electron chi connectivity index (χ4n) is 3.53. The minimum Gasteiger partial charge on any atom is -0.475 e. The number of hydrogen-bond acceptors (Lipinski definition) is 7. The summed E-state index contributed by atoms with van der Waals surface area (Å²) in [6.07, 6.45) is 4.67. The molecule has 2 aliphatic rings. The van der Waals surface area contributed by atoms with Gasteiger partial charge in [0.2, 0.25) is 0 Å². The molecule has 0 radical (unpaired) electrons. The summed E-state index contributed by atoms with van der Waals surface area (Å²) in [6.45, 7) is 1.67. The number of amides is 1. The van der Waals surface area contributed by atoms with E-state index in [-0.39, 0.29) is 24.2 Å². The number of aromatic nitrogens is 3. The molecular weight excluding hydrogens is 433 g/mol. The van der Waals surface area contributed by atoms with E-state index in [4.69, 9.17) is 19.4 Å². The first kappa shape index (κ1) is 23.5. The fourth-order valence-corrected chi connectivity index (χ4v) is 3.53. The highest BCUT2D eigenvalue weighted by Gasteiger charge is 2.47. The van der Waals surface area contributed by atoms with Crippen molar-refractivity contribution in [3.8, 4) is 0 Å². The molecule has 2 saturated heterocycles. The van der Waals surface area contributed by atoms with Crippen LogP contribution in [0.15, 0.2) is 43.1 Å². The number of halogens is 3. The molecular formula is C20H21F3N4O5. The van der Waals surface area contributed by atoms with Crippen LogP contribution in [0.4, 0.5) is 13.2 Å². The molecule has 172 valence electrons. The largest absolute Gasteiger partial charge is 0.490 e. The zero-order chi connectivity index (χ0) is 23.1. The van der Waals surface area contributed by atoms with Crippen molar-refractivity contribution in [3.63, 3.8) is 0 Å². The Kier molecular flexibility index (Phi) is 7.70. The number of hydrogen-bond donors (Lipinski definition) is 1. The minimum atomic E-state index is -5.08. The lowest BCUT2D eigenvalue weighted by atomic mass is 10.0. The molecule has 0 spiro atoms. The van der Waals surface area contributed by atoms with E-state index in [0.717, 1.165) is 18.4 Å². The zero-order valence-electron chi connectivity index (χ0n) is 16.8. The number of pyridine rings is 1. The van der Waals surface area contributed by atoms with E-state index in [9.17, 15) is 18.0 Å². The highest BCUT2D eigenvalue weighted by atomic mass is 19.4. The Balaban J connectivity index is 0.000000360. The number of likely N-dealkylation sites (tertiary alicyclic amines) is 1. The number of nitrogens with zero attached hydrogens (tertiary/aromatic N) is 4. The van der Waals surface area contributed by atoms with Gasteiger partial charge in [-0.3, -0.25) is 14.8 Å². The number of carbonyl (C=O) groups excluding carboxylic acids is 1. The van der Waals surface area contributed by atoms with Crippen LogP contribution in [0.2, 0.25) is 0 Å². The number of aliphatic carboxylic acids is 1. The number of rotatable bonds is 4. The summed E-state index contributed by atoms with van der Waals surface area (Å²) in [7, 11) is 0. The summed E-state index contributed by atoms with van der Waals surface area (Å²) in [5.41, 5.74) is 1.37. The lowest BCUT2D eigenvalue weighted by molar-refractivity contribution is -0.192. The standard InChI is InChI=1S/C18H20N4O3.C2HF3O2/c23-18(14-10-20-6-7-21-14)22-11-16(17-15(22)4-2-8-24-17)25-12-13-3-1-5-19-9-13;3-2(4,5)1(6)7/h1,3,5-7,9-10,15-17H,2,4,8,11-12H2;(H,6,7)/t15-,16+,17-;/m0./s1. The van der Waals surface area contributed by atoms with Gasteiger partial charge in [-0.1, -0.05) is 6.07 Å². The Morgan fingerprint density at radius 2 is 1.97 bits per heavy atom. The topological polar surface area (TPSA) is 115 Å². The zero-order valence-corrected chi connectivity index (χ0v) is 16.8. The van der Waals surface area contributed by atoms with Crippen LogP contribution < -0.4 is 0 Å². The molecule has 2 aliphatic heterocycles. The van der Waals surface area contributed by atoms with Gasteiger partial charge in [0.1, 0.15) is 17.9 Å². The lowest BCUT2D eigenvalue weighted by Gasteiger charge is -2.32.